The molecule has 0 aliphatic rings. The first-order valence-electron chi connectivity index (χ1n) is 4.12. The molecule has 0 aromatic heterocycles. The molecule has 0 amide bonds. The summed E-state index contributed by atoms with van der Waals surface area (Å²) in [4.78, 5) is 11.2. The van der Waals surface area contributed by atoms with Crippen LogP contribution in [0.5, 0.6) is 0 Å². The predicted molar refractivity (Wildman–Crippen MR) is 62.5 cm³/mol. The second-order valence-corrected chi connectivity index (χ2v) is 5.77. The highest BCUT2D eigenvalue weighted by atomic mass is 33.1. The highest BCUT2D eigenvalue weighted by Crippen LogP contribution is 2.42. The van der Waals surface area contributed by atoms with Crippen LogP contribution in [-0.4, -0.2) is 17.3 Å². The van der Waals surface area contributed by atoms with Crippen LogP contribution < -0.4 is 0 Å². The van der Waals surface area contributed by atoms with Gasteiger partial charge >= 0.3 is 5.97 Å². The Morgan fingerprint density at radius 1 is 1.36 bits per heavy atom. The molecule has 1 aromatic rings. The molecule has 0 heterocycles. The molecule has 0 fully saturated rings. The lowest BCUT2D eigenvalue weighted by Crippen LogP contribution is -2.27. The van der Waals surface area contributed by atoms with Gasteiger partial charge in [-0.05, 0) is 18.7 Å². The molecule has 1 N–H and O–H groups in total. The SMILES string of the molecule is CSSC(C)(C(=O)O)c1ccccc1. The number of hydrogen-bond donors (Lipinski definition) is 1. The van der Waals surface area contributed by atoms with Crippen molar-refractivity contribution in [3.8, 4) is 0 Å². The van der Waals surface area contributed by atoms with E-state index in [4.69, 9.17) is 0 Å². The lowest BCUT2D eigenvalue weighted by molar-refractivity contribution is -0.139. The van der Waals surface area contributed by atoms with E-state index in [1.807, 2.05) is 36.6 Å². The third kappa shape index (κ3) is 2.25. The summed E-state index contributed by atoms with van der Waals surface area (Å²) in [6.07, 6.45) is 1.88. The smallest absolute Gasteiger partial charge is 0.324 e. The number of benzene rings is 1. The predicted octanol–water partition coefficient (Wildman–Crippen LogP) is 3.00. The van der Waals surface area contributed by atoms with Crippen LogP contribution in [0.2, 0.25) is 0 Å². The van der Waals surface area contributed by atoms with E-state index in [1.54, 1.807) is 6.92 Å². The Bertz CT molecular complexity index is 313. The largest absolute Gasteiger partial charge is 0.480 e. The Morgan fingerprint density at radius 2 is 1.93 bits per heavy atom. The summed E-state index contributed by atoms with van der Waals surface area (Å²) < 4.78 is -0.860. The molecule has 4 heteroatoms. The lowest BCUT2D eigenvalue weighted by Gasteiger charge is -2.23. The molecule has 2 nitrogen and oxygen atoms in total. The zero-order valence-electron chi connectivity index (χ0n) is 8.06. The molecule has 1 unspecified atom stereocenters. The van der Waals surface area contributed by atoms with Gasteiger partial charge in [0.15, 0.2) is 0 Å². The van der Waals surface area contributed by atoms with Crippen molar-refractivity contribution in [3.63, 3.8) is 0 Å². The van der Waals surface area contributed by atoms with E-state index in [0.29, 0.717) is 0 Å². The molecular formula is C10H12O2S2. The number of carboxylic acid groups (broad SMARTS) is 1. The molecule has 0 saturated carbocycles. The molecule has 0 saturated heterocycles. The number of aliphatic carboxylic acids is 1. The fourth-order valence-corrected chi connectivity index (χ4v) is 3.27. The van der Waals surface area contributed by atoms with Crippen molar-refractivity contribution < 1.29 is 9.90 Å². The summed E-state index contributed by atoms with van der Waals surface area (Å²) in [6, 6.07) is 9.29. The van der Waals surface area contributed by atoms with Gasteiger partial charge in [0.25, 0.3) is 0 Å². The van der Waals surface area contributed by atoms with Gasteiger partial charge in [0.1, 0.15) is 4.75 Å². The standard InChI is InChI=1S/C10H12O2S2/c1-10(9(11)12,14-13-2)8-6-4-3-5-7-8/h3-7H,1-2H3,(H,11,12). The first kappa shape index (κ1) is 11.5. The Kier molecular flexibility index (Phi) is 3.89. The van der Waals surface area contributed by atoms with Gasteiger partial charge in [-0.15, -0.1) is 0 Å². The Balaban J connectivity index is 3.06. The number of carbonyl (C=O) groups is 1. The lowest BCUT2D eigenvalue weighted by atomic mass is 10.0. The molecule has 0 spiro atoms. The monoisotopic (exact) mass is 228 g/mol. The molecule has 0 radical (unpaired) electrons. The summed E-state index contributed by atoms with van der Waals surface area (Å²) in [5.41, 5.74) is 0.826. The first-order chi connectivity index (χ1) is 6.61. The summed E-state index contributed by atoms with van der Waals surface area (Å²) >= 11 is 0. The van der Waals surface area contributed by atoms with Gasteiger partial charge in [0.2, 0.25) is 0 Å². The van der Waals surface area contributed by atoms with Crippen LogP contribution in [-0.2, 0) is 9.54 Å². The van der Waals surface area contributed by atoms with Crippen molar-refractivity contribution in [3.05, 3.63) is 35.9 Å². The minimum absolute atomic E-state index is 0.803. The van der Waals surface area contributed by atoms with E-state index in [1.165, 1.54) is 21.6 Å². The molecule has 0 aliphatic heterocycles. The summed E-state index contributed by atoms with van der Waals surface area (Å²) in [5, 5.41) is 9.18. The summed E-state index contributed by atoms with van der Waals surface area (Å²) in [7, 11) is 2.82. The van der Waals surface area contributed by atoms with E-state index in [0.717, 1.165) is 5.56 Å². The molecule has 76 valence electrons. The average molecular weight is 228 g/mol. The van der Waals surface area contributed by atoms with Crippen molar-refractivity contribution in [2.24, 2.45) is 0 Å². The van der Waals surface area contributed by atoms with E-state index >= 15 is 0 Å². The second kappa shape index (κ2) is 4.75. The van der Waals surface area contributed by atoms with Crippen molar-refractivity contribution in [1.82, 2.24) is 0 Å². The Morgan fingerprint density at radius 3 is 2.36 bits per heavy atom. The number of carboxylic acids is 1. The molecule has 14 heavy (non-hydrogen) atoms. The van der Waals surface area contributed by atoms with E-state index in [9.17, 15) is 9.90 Å². The first-order valence-corrected chi connectivity index (χ1v) is 6.68. The third-order valence-electron chi connectivity index (χ3n) is 1.98. The Labute approximate surface area is 91.5 Å². The fourth-order valence-electron chi connectivity index (χ4n) is 1.13. The van der Waals surface area contributed by atoms with Crippen molar-refractivity contribution in [1.29, 1.82) is 0 Å². The normalized spacial score (nSPS) is 14.7. The van der Waals surface area contributed by atoms with Crippen LogP contribution in [0.3, 0.4) is 0 Å². The second-order valence-electron chi connectivity index (χ2n) is 2.95. The maximum atomic E-state index is 11.2. The van der Waals surface area contributed by atoms with Gasteiger partial charge in [0.05, 0.1) is 0 Å². The van der Waals surface area contributed by atoms with E-state index < -0.39 is 10.7 Å². The summed E-state index contributed by atoms with van der Waals surface area (Å²) in [6.45, 7) is 1.73. The average Bonchev–Trinajstić information content (AvgIpc) is 2.19. The molecule has 1 rings (SSSR count). The topological polar surface area (TPSA) is 37.3 Å². The third-order valence-corrected chi connectivity index (χ3v) is 4.39. The maximum absolute atomic E-state index is 11.2. The van der Waals surface area contributed by atoms with Gasteiger partial charge in [0, 0.05) is 0 Å². The van der Waals surface area contributed by atoms with Crippen LogP contribution in [0.1, 0.15) is 12.5 Å². The van der Waals surface area contributed by atoms with Gasteiger partial charge in [-0.2, -0.15) is 0 Å². The molecule has 0 bridgehead atoms. The van der Waals surface area contributed by atoms with Gasteiger partial charge in [-0.25, -0.2) is 0 Å². The maximum Gasteiger partial charge on any atom is 0.324 e. The number of hydrogen-bond acceptors (Lipinski definition) is 3. The summed E-state index contributed by atoms with van der Waals surface area (Å²) in [5.74, 6) is -0.803. The van der Waals surface area contributed by atoms with Gasteiger partial charge in [-0.1, -0.05) is 51.9 Å². The van der Waals surface area contributed by atoms with Gasteiger partial charge in [-0.3, -0.25) is 4.79 Å². The minimum Gasteiger partial charge on any atom is -0.480 e. The van der Waals surface area contributed by atoms with Crippen LogP contribution in [0.25, 0.3) is 0 Å². The Hall–Kier alpha value is -0.610. The van der Waals surface area contributed by atoms with Crippen molar-refractivity contribution in [2.75, 3.05) is 6.26 Å². The molecule has 1 aromatic carbocycles. The zero-order chi connectivity index (χ0) is 10.6. The highest BCUT2D eigenvalue weighted by molar-refractivity contribution is 8.76. The van der Waals surface area contributed by atoms with Crippen LogP contribution >= 0.6 is 21.6 Å². The fraction of sp³-hybridized carbons (Fsp3) is 0.300. The molecule has 0 aliphatic carbocycles. The van der Waals surface area contributed by atoms with E-state index in [2.05, 4.69) is 0 Å². The molecular weight excluding hydrogens is 216 g/mol. The van der Waals surface area contributed by atoms with Crippen LogP contribution in [0.15, 0.2) is 30.3 Å². The van der Waals surface area contributed by atoms with Crippen molar-refractivity contribution in [2.45, 2.75) is 11.7 Å². The quantitative estimate of drug-likeness (QED) is 0.804. The zero-order valence-corrected chi connectivity index (χ0v) is 9.69. The van der Waals surface area contributed by atoms with Crippen molar-refractivity contribution >= 4 is 27.6 Å². The van der Waals surface area contributed by atoms with Crippen LogP contribution in [0.4, 0.5) is 0 Å². The van der Waals surface area contributed by atoms with Crippen LogP contribution in [0, 0.1) is 0 Å². The van der Waals surface area contributed by atoms with E-state index in [-0.39, 0.29) is 0 Å². The van der Waals surface area contributed by atoms with Gasteiger partial charge < -0.3 is 5.11 Å². The highest BCUT2D eigenvalue weighted by Gasteiger charge is 2.35. The molecule has 1 atom stereocenters. The minimum atomic E-state index is -0.860. The number of rotatable bonds is 4.